The molecule has 1 unspecified atom stereocenters. The number of methoxy groups -OCH3 is 1. The molecule has 2 rings (SSSR count). The number of ether oxygens (including phenoxy) is 1. The van der Waals surface area contributed by atoms with Crippen molar-refractivity contribution < 1.29 is 14.5 Å². The summed E-state index contributed by atoms with van der Waals surface area (Å²) in [7, 11) is 1.32. The summed E-state index contributed by atoms with van der Waals surface area (Å²) in [5, 5.41) is 13.9. The lowest BCUT2D eigenvalue weighted by Crippen LogP contribution is -2.43. The summed E-state index contributed by atoms with van der Waals surface area (Å²) in [6, 6.07) is 11.4. The third kappa shape index (κ3) is 5.10. The number of rotatable bonds is 7. The van der Waals surface area contributed by atoms with Crippen LogP contribution in [0, 0.1) is 17.0 Å². The quantitative estimate of drug-likeness (QED) is 0.339. The first kappa shape index (κ1) is 20.5. The van der Waals surface area contributed by atoms with E-state index in [4.69, 9.17) is 17.0 Å². The largest absolute Gasteiger partial charge is 0.467 e. The highest BCUT2D eigenvalue weighted by Gasteiger charge is 2.23. The summed E-state index contributed by atoms with van der Waals surface area (Å²) in [5.74, 6) is -0.442. The van der Waals surface area contributed by atoms with Gasteiger partial charge in [-0.25, -0.2) is 4.79 Å². The van der Waals surface area contributed by atoms with Gasteiger partial charge in [0.25, 0.3) is 5.69 Å². The van der Waals surface area contributed by atoms with Gasteiger partial charge in [-0.15, -0.1) is 0 Å². The van der Waals surface area contributed by atoms with Crippen molar-refractivity contribution in [3.8, 4) is 0 Å². The fourth-order valence-electron chi connectivity index (χ4n) is 2.90. The second kappa shape index (κ2) is 9.23. The van der Waals surface area contributed by atoms with Crippen LogP contribution in [-0.2, 0) is 22.4 Å². The van der Waals surface area contributed by atoms with Gasteiger partial charge in [-0.05, 0) is 30.0 Å². The highest BCUT2D eigenvalue weighted by atomic mass is 32.1. The molecule has 1 N–H and O–H groups in total. The smallest absolute Gasteiger partial charge is 0.328 e. The van der Waals surface area contributed by atoms with Gasteiger partial charge in [0, 0.05) is 24.1 Å². The van der Waals surface area contributed by atoms with Crippen molar-refractivity contribution in [2.24, 2.45) is 0 Å². The molecule has 2 aromatic rings. The number of esters is 1. The Bertz CT molecular complexity index is 850. The van der Waals surface area contributed by atoms with Gasteiger partial charge in [-0.2, -0.15) is 0 Å². The maximum atomic E-state index is 12.2. The van der Waals surface area contributed by atoms with Gasteiger partial charge in [-0.3, -0.25) is 10.1 Å². The maximum absolute atomic E-state index is 12.2. The Morgan fingerprint density at radius 1 is 1.26 bits per heavy atom. The van der Waals surface area contributed by atoms with Crippen LogP contribution in [0.3, 0.4) is 0 Å². The topological polar surface area (TPSA) is 81.5 Å². The van der Waals surface area contributed by atoms with Crippen molar-refractivity contribution in [2.45, 2.75) is 32.7 Å². The number of aryl methyl sites for hydroxylation is 2. The molecular weight excluding hydrogens is 364 g/mol. The Morgan fingerprint density at radius 2 is 1.93 bits per heavy atom. The normalized spacial score (nSPS) is 11.5. The van der Waals surface area contributed by atoms with Crippen molar-refractivity contribution in [1.82, 2.24) is 5.32 Å². The summed E-state index contributed by atoms with van der Waals surface area (Å²) in [6.45, 7) is 4.03. The van der Waals surface area contributed by atoms with Crippen molar-refractivity contribution in [3.05, 3.63) is 74.8 Å². The van der Waals surface area contributed by atoms with Gasteiger partial charge in [-0.1, -0.05) is 49.5 Å². The van der Waals surface area contributed by atoms with Crippen molar-refractivity contribution in [2.75, 3.05) is 7.11 Å². The van der Waals surface area contributed by atoms with Crippen LogP contribution in [-0.4, -0.2) is 29.0 Å². The Hall–Kier alpha value is -2.80. The number of hydrogen-bond acceptors (Lipinski definition) is 5. The molecule has 0 aliphatic heterocycles. The zero-order chi connectivity index (χ0) is 20.0. The lowest BCUT2D eigenvalue weighted by molar-refractivity contribution is -0.384. The number of nitrogens with zero attached hydrogens (tertiary/aromatic N) is 1. The van der Waals surface area contributed by atoms with E-state index in [-0.39, 0.29) is 5.69 Å². The first-order chi connectivity index (χ1) is 12.9. The van der Waals surface area contributed by atoms with Crippen LogP contribution in [0.2, 0.25) is 0 Å². The first-order valence-electron chi connectivity index (χ1n) is 8.57. The molecule has 0 aliphatic rings. The van der Waals surface area contributed by atoms with Gasteiger partial charge < -0.3 is 10.1 Å². The monoisotopic (exact) mass is 386 g/mol. The minimum Gasteiger partial charge on any atom is -0.467 e. The number of hydrogen-bond donors (Lipinski definition) is 1. The summed E-state index contributed by atoms with van der Waals surface area (Å²) in [6.07, 6.45) is 1.13. The highest BCUT2D eigenvalue weighted by molar-refractivity contribution is 7.80. The number of nitrogens with one attached hydrogen (secondary N) is 1. The molecule has 0 saturated carbocycles. The molecule has 7 heteroatoms. The van der Waals surface area contributed by atoms with Crippen LogP contribution in [0.5, 0.6) is 0 Å². The van der Waals surface area contributed by atoms with Crippen LogP contribution < -0.4 is 5.32 Å². The molecule has 142 valence electrons. The number of thiocarbonyl (C=S) groups is 1. The number of carbonyl (C=O) groups excluding carboxylic acids is 1. The minimum atomic E-state index is -0.687. The summed E-state index contributed by atoms with van der Waals surface area (Å²) < 4.78 is 4.90. The minimum absolute atomic E-state index is 0.00402. The Labute approximate surface area is 163 Å². The van der Waals surface area contributed by atoms with Crippen LogP contribution >= 0.6 is 12.2 Å². The second-order valence-corrected chi connectivity index (χ2v) is 6.55. The fourth-order valence-corrected chi connectivity index (χ4v) is 3.34. The molecule has 27 heavy (non-hydrogen) atoms. The lowest BCUT2D eigenvalue weighted by Gasteiger charge is -2.21. The molecule has 6 nitrogen and oxygen atoms in total. The molecule has 0 fully saturated rings. The lowest BCUT2D eigenvalue weighted by atomic mass is 9.99. The van der Waals surface area contributed by atoms with Crippen molar-refractivity contribution in [1.29, 1.82) is 0 Å². The van der Waals surface area contributed by atoms with Crippen LogP contribution in [0.1, 0.15) is 29.2 Å². The Kier molecular flexibility index (Phi) is 7.01. The molecule has 0 spiro atoms. The molecule has 0 radical (unpaired) electrons. The van der Waals surface area contributed by atoms with Crippen LogP contribution in [0.15, 0.2) is 42.5 Å². The van der Waals surface area contributed by atoms with E-state index >= 15 is 0 Å². The number of nitro benzene ring substituents is 1. The number of non-ortho nitro benzene ring substituents is 1. The molecule has 0 aliphatic carbocycles. The van der Waals surface area contributed by atoms with E-state index in [0.29, 0.717) is 11.4 Å². The third-order valence-corrected chi connectivity index (χ3v) is 4.67. The second-order valence-electron chi connectivity index (χ2n) is 6.14. The first-order valence-corrected chi connectivity index (χ1v) is 8.98. The number of carbonyl (C=O) groups is 1. The van der Waals surface area contributed by atoms with Crippen molar-refractivity contribution >= 4 is 28.9 Å². The van der Waals surface area contributed by atoms with E-state index in [9.17, 15) is 14.9 Å². The molecule has 0 amide bonds. The molecule has 2 aromatic carbocycles. The summed E-state index contributed by atoms with van der Waals surface area (Å²) in [5.41, 5.74) is 3.83. The van der Waals surface area contributed by atoms with Crippen LogP contribution in [0.4, 0.5) is 5.69 Å². The SMILES string of the molecule is CCc1cccc(C)c1C(=S)NC(Cc1ccc([N+](=O)[O-])cc1)C(=O)OC. The molecule has 0 aromatic heterocycles. The van der Waals surface area contributed by atoms with E-state index in [1.165, 1.54) is 19.2 Å². The zero-order valence-electron chi connectivity index (χ0n) is 15.5. The molecule has 0 heterocycles. The van der Waals surface area contributed by atoms with E-state index in [0.717, 1.165) is 28.7 Å². The molecule has 0 bridgehead atoms. The number of benzene rings is 2. The standard InChI is InChI=1S/C20H22N2O4S/c1-4-15-7-5-6-13(2)18(15)19(27)21-17(20(23)26-3)12-14-8-10-16(11-9-14)22(24)25/h5-11,17H,4,12H2,1-3H3,(H,21,27). The predicted octanol–water partition coefficient (Wildman–Crippen LogP) is 3.52. The Morgan fingerprint density at radius 3 is 2.48 bits per heavy atom. The van der Waals surface area contributed by atoms with Gasteiger partial charge in [0.2, 0.25) is 0 Å². The van der Waals surface area contributed by atoms with Gasteiger partial charge >= 0.3 is 5.97 Å². The summed E-state index contributed by atoms with van der Waals surface area (Å²) >= 11 is 5.57. The maximum Gasteiger partial charge on any atom is 0.328 e. The third-order valence-electron chi connectivity index (χ3n) is 4.35. The average Bonchev–Trinajstić information content (AvgIpc) is 2.66. The van der Waals surface area contributed by atoms with Gasteiger partial charge in [0.05, 0.1) is 12.0 Å². The van der Waals surface area contributed by atoms with E-state index in [1.54, 1.807) is 12.1 Å². The van der Waals surface area contributed by atoms with E-state index in [1.807, 2.05) is 25.1 Å². The fraction of sp³-hybridized carbons (Fsp3) is 0.300. The van der Waals surface area contributed by atoms with Gasteiger partial charge in [0.15, 0.2) is 0 Å². The average molecular weight is 386 g/mol. The number of nitro groups is 1. The van der Waals surface area contributed by atoms with Crippen molar-refractivity contribution in [3.63, 3.8) is 0 Å². The summed E-state index contributed by atoms with van der Waals surface area (Å²) in [4.78, 5) is 23.1. The van der Waals surface area contributed by atoms with E-state index < -0.39 is 16.9 Å². The molecular formula is C20H22N2O4S. The van der Waals surface area contributed by atoms with E-state index in [2.05, 4.69) is 12.2 Å². The molecule has 0 saturated heterocycles. The predicted molar refractivity (Wildman–Crippen MR) is 108 cm³/mol. The highest BCUT2D eigenvalue weighted by Crippen LogP contribution is 2.17. The van der Waals surface area contributed by atoms with Crippen LogP contribution in [0.25, 0.3) is 0 Å². The Balaban J connectivity index is 2.23. The zero-order valence-corrected chi connectivity index (χ0v) is 16.3. The molecule has 1 atom stereocenters. The van der Waals surface area contributed by atoms with Gasteiger partial charge in [0.1, 0.15) is 11.0 Å².